The molecule has 0 saturated carbocycles. The van der Waals surface area contributed by atoms with Gasteiger partial charge in [-0.05, 0) is 35.7 Å². The lowest BCUT2D eigenvalue weighted by Crippen LogP contribution is -2.53. The molecule has 0 unspecified atom stereocenters. The van der Waals surface area contributed by atoms with Crippen LogP contribution in [-0.2, 0) is 17.6 Å². The number of para-hydroxylation sites is 1. The number of carbonyl (C=O) groups excluding carboxylic acids is 1. The number of hydrogen-bond donors (Lipinski definition) is 3. The Morgan fingerprint density at radius 3 is 2.75 bits per heavy atom. The van der Waals surface area contributed by atoms with E-state index in [2.05, 4.69) is 10.3 Å². The molecule has 0 aliphatic carbocycles. The molecule has 0 bridgehead atoms. The Kier molecular flexibility index (Phi) is 4.48. The summed E-state index contributed by atoms with van der Waals surface area (Å²) in [5.74, 6) is -1.88. The van der Waals surface area contributed by atoms with Crippen molar-refractivity contribution >= 4 is 19.0 Å². The third kappa shape index (κ3) is 3.38. The zero-order valence-corrected chi connectivity index (χ0v) is 12.7. The first-order valence-electron chi connectivity index (χ1n) is 7.43. The second-order valence-electron chi connectivity index (χ2n) is 5.52. The molecule has 1 aromatic carbocycles. The molecule has 0 spiro atoms. The molecule has 1 atom stereocenters. The maximum Gasteiger partial charge on any atom is 0.547 e. The zero-order chi connectivity index (χ0) is 17.1. The van der Waals surface area contributed by atoms with Gasteiger partial charge in [0.1, 0.15) is 5.75 Å². The number of aromatic nitrogens is 1. The van der Waals surface area contributed by atoms with Crippen molar-refractivity contribution in [2.75, 3.05) is 0 Å². The summed E-state index contributed by atoms with van der Waals surface area (Å²) in [7, 11) is -1.31. The normalized spacial score (nSPS) is 16.0. The van der Waals surface area contributed by atoms with E-state index in [0.29, 0.717) is 12.0 Å². The lowest BCUT2D eigenvalue weighted by molar-refractivity contribution is -0.120. The monoisotopic (exact) mass is 326 g/mol. The number of hydrogen-bond acceptors (Lipinski definition) is 5. The minimum Gasteiger partial charge on any atom is -0.534 e. The van der Waals surface area contributed by atoms with Crippen LogP contribution in [0.15, 0.2) is 42.7 Å². The van der Waals surface area contributed by atoms with Gasteiger partial charge in [0.2, 0.25) is 5.91 Å². The summed E-state index contributed by atoms with van der Waals surface area (Å²) in [4.78, 5) is 27.2. The second-order valence-corrected chi connectivity index (χ2v) is 5.52. The van der Waals surface area contributed by atoms with E-state index in [4.69, 9.17) is 9.76 Å². The molecule has 3 rings (SSSR count). The van der Waals surface area contributed by atoms with Gasteiger partial charge in [0.05, 0.1) is 17.9 Å². The molecular weight excluding hydrogens is 311 g/mol. The van der Waals surface area contributed by atoms with Crippen LogP contribution in [0.25, 0.3) is 0 Å². The fourth-order valence-electron chi connectivity index (χ4n) is 2.66. The molecule has 0 fully saturated rings. The number of rotatable bonds is 4. The fraction of sp³-hybridized carbons (Fsp3) is 0.188. The third-order valence-corrected chi connectivity index (χ3v) is 3.81. The molecule has 0 radical (unpaired) electrons. The Morgan fingerprint density at radius 2 is 2.04 bits per heavy atom. The quantitative estimate of drug-likeness (QED) is 0.705. The Morgan fingerprint density at radius 1 is 1.29 bits per heavy atom. The minimum atomic E-state index is -1.31. The summed E-state index contributed by atoms with van der Waals surface area (Å²) in [5.41, 5.74) is 1.44. The standard InChI is InChI=1S/C16H15BN2O5/c20-14(8-10-4-6-18-7-5-10)19-13-9-11-2-1-3-12(16(21)22)15(11)24-17(13)23/h1-7,13,23H,8-9H2,(H,19,20)(H,21,22)/t13-/m0/s1. The van der Waals surface area contributed by atoms with Gasteiger partial charge in [0.25, 0.3) is 0 Å². The number of pyridine rings is 1. The van der Waals surface area contributed by atoms with Gasteiger partial charge in [-0.3, -0.25) is 9.78 Å². The molecule has 2 heterocycles. The highest BCUT2D eigenvalue weighted by Crippen LogP contribution is 2.30. The zero-order valence-electron chi connectivity index (χ0n) is 12.7. The van der Waals surface area contributed by atoms with E-state index in [1.54, 1.807) is 36.7 Å². The number of carbonyl (C=O) groups is 2. The van der Waals surface area contributed by atoms with Gasteiger partial charge in [0, 0.05) is 12.4 Å². The van der Waals surface area contributed by atoms with E-state index in [1.807, 2.05) is 0 Å². The van der Waals surface area contributed by atoms with Crippen LogP contribution in [0.5, 0.6) is 5.75 Å². The highest BCUT2D eigenvalue weighted by molar-refractivity contribution is 6.47. The van der Waals surface area contributed by atoms with E-state index < -0.39 is 19.0 Å². The largest absolute Gasteiger partial charge is 0.547 e. The highest BCUT2D eigenvalue weighted by atomic mass is 16.5. The van der Waals surface area contributed by atoms with Gasteiger partial charge in [-0.2, -0.15) is 0 Å². The molecule has 1 amide bonds. The van der Waals surface area contributed by atoms with Crippen LogP contribution >= 0.6 is 0 Å². The average Bonchev–Trinajstić information content (AvgIpc) is 2.55. The molecule has 8 heteroatoms. The summed E-state index contributed by atoms with van der Waals surface area (Å²) < 4.78 is 5.34. The summed E-state index contributed by atoms with van der Waals surface area (Å²) >= 11 is 0. The number of nitrogens with zero attached hydrogens (tertiary/aromatic N) is 1. The molecule has 3 N–H and O–H groups in total. The smallest absolute Gasteiger partial charge is 0.534 e. The van der Waals surface area contributed by atoms with Crippen LogP contribution in [0.1, 0.15) is 21.5 Å². The van der Waals surface area contributed by atoms with E-state index >= 15 is 0 Å². The number of fused-ring (bicyclic) bond motifs is 1. The number of amides is 1. The van der Waals surface area contributed by atoms with E-state index in [9.17, 15) is 14.6 Å². The van der Waals surface area contributed by atoms with Gasteiger partial charge in [-0.25, -0.2) is 4.79 Å². The van der Waals surface area contributed by atoms with Gasteiger partial charge in [-0.15, -0.1) is 0 Å². The Bertz CT molecular complexity index is 768. The maximum atomic E-state index is 12.1. The van der Waals surface area contributed by atoms with E-state index in [0.717, 1.165) is 5.56 Å². The first-order valence-corrected chi connectivity index (χ1v) is 7.43. The van der Waals surface area contributed by atoms with E-state index in [1.165, 1.54) is 6.07 Å². The summed E-state index contributed by atoms with van der Waals surface area (Å²) in [5, 5.41) is 22.0. The number of benzene rings is 1. The van der Waals surface area contributed by atoms with Crippen LogP contribution < -0.4 is 9.97 Å². The van der Waals surface area contributed by atoms with Crippen LogP contribution in [0, 0.1) is 0 Å². The highest BCUT2D eigenvalue weighted by Gasteiger charge is 2.37. The topological polar surface area (TPSA) is 109 Å². The Labute approximate surface area is 138 Å². The predicted octanol–water partition coefficient (Wildman–Crippen LogP) is 0.462. The van der Waals surface area contributed by atoms with Crippen molar-refractivity contribution in [2.45, 2.75) is 18.8 Å². The van der Waals surface area contributed by atoms with Crippen molar-refractivity contribution in [3.8, 4) is 5.75 Å². The molecule has 0 saturated heterocycles. The first kappa shape index (κ1) is 16.0. The molecule has 1 aliphatic heterocycles. The van der Waals surface area contributed by atoms with Crippen LogP contribution in [0.2, 0.25) is 0 Å². The lowest BCUT2D eigenvalue weighted by Gasteiger charge is -2.28. The Balaban J connectivity index is 1.71. The van der Waals surface area contributed by atoms with Crippen molar-refractivity contribution < 1.29 is 24.4 Å². The molecule has 1 aliphatic rings. The number of aromatic carboxylic acids is 1. The van der Waals surface area contributed by atoms with Gasteiger partial charge < -0.3 is 20.1 Å². The van der Waals surface area contributed by atoms with Crippen molar-refractivity contribution in [2.24, 2.45) is 0 Å². The molecule has 1 aromatic heterocycles. The number of carboxylic acids is 1. The molecular formula is C16H15BN2O5. The molecule has 122 valence electrons. The molecule has 2 aromatic rings. The average molecular weight is 326 g/mol. The summed E-state index contributed by atoms with van der Waals surface area (Å²) in [6.45, 7) is 0. The SMILES string of the molecule is O=C(Cc1ccncc1)N[C@H]1Cc2cccc(C(=O)O)c2OB1O. The molecule has 7 nitrogen and oxygen atoms in total. The molecule has 24 heavy (non-hydrogen) atoms. The van der Waals surface area contributed by atoms with Crippen LogP contribution in [0.3, 0.4) is 0 Å². The van der Waals surface area contributed by atoms with Crippen molar-refractivity contribution in [1.29, 1.82) is 0 Å². The first-order chi connectivity index (χ1) is 11.5. The van der Waals surface area contributed by atoms with Crippen molar-refractivity contribution in [3.63, 3.8) is 0 Å². The lowest BCUT2D eigenvalue weighted by atomic mass is 9.72. The van der Waals surface area contributed by atoms with Crippen LogP contribution in [0.4, 0.5) is 0 Å². The second kappa shape index (κ2) is 6.71. The number of nitrogens with one attached hydrogen (secondary N) is 1. The van der Waals surface area contributed by atoms with Gasteiger partial charge in [0.15, 0.2) is 0 Å². The van der Waals surface area contributed by atoms with Crippen molar-refractivity contribution in [3.05, 3.63) is 59.4 Å². The van der Waals surface area contributed by atoms with Gasteiger partial charge >= 0.3 is 13.1 Å². The van der Waals surface area contributed by atoms with E-state index in [-0.39, 0.29) is 23.6 Å². The maximum absolute atomic E-state index is 12.1. The number of carboxylic acid groups (broad SMARTS) is 1. The Hall–Kier alpha value is -2.87. The predicted molar refractivity (Wildman–Crippen MR) is 85.6 cm³/mol. The summed E-state index contributed by atoms with van der Waals surface area (Å²) in [6, 6.07) is 8.22. The fourth-order valence-corrected chi connectivity index (χ4v) is 2.66. The van der Waals surface area contributed by atoms with Crippen molar-refractivity contribution in [1.82, 2.24) is 10.3 Å². The summed E-state index contributed by atoms with van der Waals surface area (Å²) in [6.07, 6.45) is 3.66. The van der Waals surface area contributed by atoms with Crippen LogP contribution in [-0.4, -0.2) is 40.1 Å². The minimum absolute atomic E-state index is 0.00638. The third-order valence-electron chi connectivity index (χ3n) is 3.81. The van der Waals surface area contributed by atoms with Gasteiger partial charge in [-0.1, -0.05) is 12.1 Å².